The smallest absolute Gasteiger partial charge is 0.264 e. The van der Waals surface area contributed by atoms with E-state index in [0.717, 1.165) is 4.31 Å². The minimum absolute atomic E-state index is 0.0220. The third-order valence-electron chi connectivity index (χ3n) is 6.16. The average Bonchev–Trinajstić information content (AvgIpc) is 2.93. The van der Waals surface area contributed by atoms with Crippen LogP contribution >= 0.6 is 34.8 Å². The zero-order chi connectivity index (χ0) is 29.4. The lowest BCUT2D eigenvalue weighted by molar-refractivity contribution is -0.140. The van der Waals surface area contributed by atoms with Gasteiger partial charge in [0.2, 0.25) is 11.8 Å². The van der Waals surface area contributed by atoms with Gasteiger partial charge in [-0.3, -0.25) is 13.9 Å². The molecule has 1 atom stereocenters. The largest absolute Gasteiger partial charge is 0.495 e. The van der Waals surface area contributed by atoms with Crippen molar-refractivity contribution in [1.82, 2.24) is 10.2 Å². The second kappa shape index (κ2) is 14.1. The molecule has 0 unspecified atom stereocenters. The van der Waals surface area contributed by atoms with Crippen molar-refractivity contribution >= 4 is 62.3 Å². The normalized spacial score (nSPS) is 11.9. The molecule has 0 spiro atoms. The number of amides is 2. The first-order valence-corrected chi connectivity index (χ1v) is 15.0. The third-order valence-corrected chi connectivity index (χ3v) is 8.95. The number of hydrogen-bond donors (Lipinski definition) is 1. The van der Waals surface area contributed by atoms with Crippen LogP contribution in [-0.2, 0) is 26.2 Å². The molecular formula is C28H30Cl3N3O5S. The second-order valence-corrected chi connectivity index (χ2v) is 11.8. The van der Waals surface area contributed by atoms with Crippen molar-refractivity contribution < 1.29 is 22.7 Å². The molecule has 0 saturated heterocycles. The van der Waals surface area contributed by atoms with Crippen molar-refractivity contribution in [3.05, 3.63) is 87.4 Å². The Morgan fingerprint density at radius 3 is 2.12 bits per heavy atom. The fourth-order valence-electron chi connectivity index (χ4n) is 4.12. The van der Waals surface area contributed by atoms with E-state index >= 15 is 0 Å². The van der Waals surface area contributed by atoms with E-state index in [2.05, 4.69) is 5.32 Å². The van der Waals surface area contributed by atoms with Crippen LogP contribution in [0, 0.1) is 0 Å². The SMILES string of the molecule is CCNC(=O)[C@@H](CC)N(Cc1c(Cl)cccc1Cl)C(=O)CN(c1ccc(OC)c(Cl)c1)S(=O)(=O)c1ccccc1. The number of nitrogens with zero attached hydrogens (tertiary/aromatic N) is 2. The highest BCUT2D eigenvalue weighted by atomic mass is 35.5. The molecule has 0 aliphatic heterocycles. The molecule has 0 aromatic heterocycles. The van der Waals surface area contributed by atoms with E-state index < -0.39 is 28.5 Å². The zero-order valence-electron chi connectivity index (χ0n) is 22.2. The molecular weight excluding hydrogens is 597 g/mol. The number of hydrogen-bond acceptors (Lipinski definition) is 5. The molecule has 2 amide bonds. The first-order chi connectivity index (χ1) is 19.0. The number of methoxy groups -OCH3 is 1. The molecule has 40 heavy (non-hydrogen) atoms. The van der Waals surface area contributed by atoms with Gasteiger partial charge in [-0.2, -0.15) is 0 Å². The van der Waals surface area contributed by atoms with Crippen LogP contribution in [0.3, 0.4) is 0 Å². The van der Waals surface area contributed by atoms with E-state index in [1.807, 2.05) is 0 Å². The van der Waals surface area contributed by atoms with Crippen LogP contribution in [0.25, 0.3) is 0 Å². The minimum atomic E-state index is -4.24. The molecule has 3 rings (SSSR count). The highest BCUT2D eigenvalue weighted by molar-refractivity contribution is 7.92. The van der Waals surface area contributed by atoms with Gasteiger partial charge in [-0.05, 0) is 55.8 Å². The molecule has 0 saturated carbocycles. The Kier molecular flexibility index (Phi) is 11.1. The summed E-state index contributed by atoms with van der Waals surface area (Å²) in [5.74, 6) is -0.682. The van der Waals surface area contributed by atoms with E-state index in [4.69, 9.17) is 39.5 Å². The lowest BCUT2D eigenvalue weighted by atomic mass is 10.1. The summed E-state index contributed by atoms with van der Waals surface area (Å²) >= 11 is 19.2. The van der Waals surface area contributed by atoms with Crippen molar-refractivity contribution in [3.8, 4) is 5.75 Å². The van der Waals surface area contributed by atoms with Gasteiger partial charge >= 0.3 is 0 Å². The highest BCUT2D eigenvalue weighted by Crippen LogP contribution is 2.33. The number of sulfonamides is 1. The molecule has 0 aliphatic carbocycles. The van der Waals surface area contributed by atoms with Crippen LogP contribution in [0.4, 0.5) is 5.69 Å². The standard InChI is InChI=1S/C28H30Cl3N3O5S/c1-4-25(28(36)32-5-2)33(17-21-22(29)12-9-13-23(21)30)27(35)18-34(19-14-15-26(39-3)24(31)16-19)40(37,38)20-10-7-6-8-11-20/h6-16,25H,4-5,17-18H2,1-3H3,(H,32,36)/t25-/m1/s1. The maximum Gasteiger partial charge on any atom is 0.264 e. The fraction of sp³-hybridized carbons (Fsp3) is 0.286. The topological polar surface area (TPSA) is 96.0 Å². The summed E-state index contributed by atoms with van der Waals surface area (Å²) in [6, 6.07) is 16.2. The Bertz CT molecular complexity index is 1430. The summed E-state index contributed by atoms with van der Waals surface area (Å²) in [4.78, 5) is 28.4. The lowest BCUT2D eigenvalue weighted by Gasteiger charge is -2.33. The van der Waals surface area contributed by atoms with E-state index in [0.29, 0.717) is 27.9 Å². The number of nitrogens with one attached hydrogen (secondary N) is 1. The zero-order valence-corrected chi connectivity index (χ0v) is 25.3. The Balaban J connectivity index is 2.12. The Hall–Kier alpha value is -2.98. The Labute approximate surface area is 249 Å². The highest BCUT2D eigenvalue weighted by Gasteiger charge is 2.34. The number of anilines is 1. The maximum atomic E-state index is 14.0. The molecule has 0 aliphatic rings. The van der Waals surface area contributed by atoms with Gasteiger partial charge in [-0.25, -0.2) is 8.42 Å². The molecule has 3 aromatic rings. The van der Waals surface area contributed by atoms with Crippen LogP contribution in [0.2, 0.25) is 15.1 Å². The van der Waals surface area contributed by atoms with Crippen LogP contribution in [-0.4, -0.2) is 51.4 Å². The van der Waals surface area contributed by atoms with Gasteiger partial charge in [0.05, 0.1) is 22.7 Å². The van der Waals surface area contributed by atoms with E-state index in [1.165, 1.54) is 42.3 Å². The van der Waals surface area contributed by atoms with Crippen LogP contribution in [0.1, 0.15) is 25.8 Å². The summed E-state index contributed by atoms with van der Waals surface area (Å²) in [5, 5.41) is 3.53. The average molecular weight is 627 g/mol. The van der Waals surface area contributed by atoms with Gasteiger partial charge in [0.1, 0.15) is 18.3 Å². The predicted molar refractivity (Wildman–Crippen MR) is 159 cm³/mol. The van der Waals surface area contributed by atoms with Gasteiger partial charge in [-0.1, -0.05) is 66.0 Å². The van der Waals surface area contributed by atoms with Crippen LogP contribution in [0.15, 0.2) is 71.6 Å². The number of ether oxygens (including phenoxy) is 1. The first kappa shape index (κ1) is 31.5. The monoisotopic (exact) mass is 625 g/mol. The van der Waals surface area contributed by atoms with Gasteiger partial charge < -0.3 is 15.0 Å². The number of likely N-dealkylation sites (N-methyl/N-ethyl adjacent to an activating group) is 1. The summed E-state index contributed by atoms with van der Waals surface area (Å²) in [6.07, 6.45) is 0.263. The number of benzene rings is 3. The number of halogens is 3. The van der Waals surface area contributed by atoms with E-state index in [9.17, 15) is 18.0 Å². The van der Waals surface area contributed by atoms with Gasteiger partial charge in [0, 0.05) is 28.7 Å². The van der Waals surface area contributed by atoms with Gasteiger partial charge in [0.25, 0.3) is 10.0 Å². The van der Waals surface area contributed by atoms with Crippen LogP contribution < -0.4 is 14.4 Å². The molecule has 0 bridgehead atoms. The number of rotatable bonds is 12. The molecule has 12 heteroatoms. The predicted octanol–water partition coefficient (Wildman–Crippen LogP) is 5.79. The van der Waals surface area contributed by atoms with Gasteiger partial charge in [0.15, 0.2) is 0 Å². The summed E-state index contributed by atoms with van der Waals surface area (Å²) in [6.45, 7) is 3.13. The molecule has 214 valence electrons. The fourth-order valence-corrected chi connectivity index (χ4v) is 6.32. The number of carbonyl (C=O) groups excluding carboxylic acids is 2. The molecule has 1 N–H and O–H groups in total. The Morgan fingerprint density at radius 2 is 1.57 bits per heavy atom. The molecule has 3 aromatic carbocycles. The summed E-state index contributed by atoms with van der Waals surface area (Å²) in [5.41, 5.74) is 0.580. The summed E-state index contributed by atoms with van der Waals surface area (Å²) in [7, 11) is -2.80. The Morgan fingerprint density at radius 1 is 0.925 bits per heavy atom. The van der Waals surface area contributed by atoms with Crippen molar-refractivity contribution in [1.29, 1.82) is 0 Å². The molecule has 0 radical (unpaired) electrons. The molecule has 0 fully saturated rings. The van der Waals surface area contributed by atoms with Crippen molar-refractivity contribution in [3.63, 3.8) is 0 Å². The van der Waals surface area contributed by atoms with Crippen molar-refractivity contribution in [2.75, 3.05) is 24.5 Å². The maximum absolute atomic E-state index is 14.0. The molecule has 0 heterocycles. The van der Waals surface area contributed by atoms with Crippen molar-refractivity contribution in [2.45, 2.75) is 37.8 Å². The van der Waals surface area contributed by atoms with Gasteiger partial charge in [-0.15, -0.1) is 0 Å². The number of carbonyl (C=O) groups is 2. The van der Waals surface area contributed by atoms with Crippen LogP contribution in [0.5, 0.6) is 5.75 Å². The lowest BCUT2D eigenvalue weighted by Crippen LogP contribution is -2.52. The van der Waals surface area contributed by atoms with E-state index in [-0.39, 0.29) is 34.5 Å². The van der Waals surface area contributed by atoms with Crippen molar-refractivity contribution in [2.24, 2.45) is 0 Å². The molecule has 8 nitrogen and oxygen atoms in total. The summed E-state index contributed by atoms with van der Waals surface area (Å²) < 4.78 is 33.9. The minimum Gasteiger partial charge on any atom is -0.495 e. The second-order valence-electron chi connectivity index (χ2n) is 8.68. The third kappa shape index (κ3) is 7.20. The first-order valence-electron chi connectivity index (χ1n) is 12.5. The van der Waals surface area contributed by atoms with E-state index in [1.54, 1.807) is 50.2 Å². The quantitative estimate of drug-likeness (QED) is 0.274.